The predicted molar refractivity (Wildman–Crippen MR) is 55.0 cm³/mol. The minimum atomic E-state index is -0.459. The van der Waals surface area contributed by atoms with Crippen molar-refractivity contribution in [2.24, 2.45) is 0 Å². The van der Waals surface area contributed by atoms with E-state index in [-0.39, 0.29) is 5.97 Å². The van der Waals surface area contributed by atoms with Crippen LogP contribution in [0.3, 0.4) is 0 Å². The smallest absolute Gasteiger partial charge is 0.332 e. The van der Waals surface area contributed by atoms with Gasteiger partial charge in [0.05, 0.1) is 14.2 Å². The molecular formula is C10H17NO4. The summed E-state index contributed by atoms with van der Waals surface area (Å²) >= 11 is 0. The Morgan fingerprint density at radius 1 is 1.33 bits per heavy atom. The summed E-state index contributed by atoms with van der Waals surface area (Å²) in [5.74, 6) is -0.810. The van der Waals surface area contributed by atoms with E-state index in [4.69, 9.17) is 0 Å². The second kappa shape index (κ2) is 6.86. The summed E-state index contributed by atoms with van der Waals surface area (Å²) in [5, 5.41) is 2.87. The fourth-order valence-corrected chi connectivity index (χ4v) is 1.02. The van der Waals surface area contributed by atoms with E-state index >= 15 is 0 Å². The van der Waals surface area contributed by atoms with E-state index in [1.54, 1.807) is 6.92 Å². The summed E-state index contributed by atoms with van der Waals surface area (Å²) in [7, 11) is 2.62. The number of nitrogens with one attached hydrogen (secondary N) is 1. The molecule has 86 valence electrons. The molecule has 1 atom stereocenters. The van der Waals surface area contributed by atoms with E-state index in [1.165, 1.54) is 20.3 Å². The summed E-state index contributed by atoms with van der Waals surface area (Å²) in [6.07, 6.45) is 1.87. The Labute approximate surface area is 89.4 Å². The molecule has 0 rings (SSSR count). The Morgan fingerprint density at radius 3 is 2.33 bits per heavy atom. The van der Waals surface area contributed by atoms with E-state index in [1.807, 2.05) is 6.92 Å². The Balaban J connectivity index is 4.36. The molecule has 0 saturated heterocycles. The number of esters is 2. The van der Waals surface area contributed by atoms with Crippen LogP contribution in [0.2, 0.25) is 0 Å². The average molecular weight is 215 g/mol. The highest BCUT2D eigenvalue weighted by Crippen LogP contribution is 1.98. The number of methoxy groups -OCH3 is 2. The lowest BCUT2D eigenvalue weighted by Crippen LogP contribution is -2.36. The zero-order valence-corrected chi connectivity index (χ0v) is 9.49. The highest BCUT2D eigenvalue weighted by atomic mass is 16.5. The third-order valence-electron chi connectivity index (χ3n) is 1.83. The molecule has 0 aliphatic heterocycles. The largest absolute Gasteiger partial charge is 0.467 e. The molecule has 0 aliphatic carbocycles. The van der Waals surface area contributed by atoms with Crippen LogP contribution in [0.4, 0.5) is 0 Å². The molecule has 0 bridgehead atoms. The summed E-state index contributed by atoms with van der Waals surface area (Å²) < 4.78 is 9.04. The Bertz CT molecular complexity index is 260. The number of allylic oxidation sites excluding steroid dienone is 1. The second-order valence-corrected chi connectivity index (χ2v) is 2.98. The predicted octanol–water partition coefficient (Wildman–Crippen LogP) is 0.604. The van der Waals surface area contributed by atoms with Crippen molar-refractivity contribution in [2.75, 3.05) is 14.2 Å². The summed E-state index contributed by atoms with van der Waals surface area (Å²) in [6.45, 7) is 3.53. The fourth-order valence-electron chi connectivity index (χ4n) is 1.02. The fraction of sp³-hybridized carbons (Fsp3) is 0.600. The van der Waals surface area contributed by atoms with Gasteiger partial charge in [0, 0.05) is 11.8 Å². The number of rotatable bonds is 5. The molecule has 0 aliphatic rings. The third-order valence-corrected chi connectivity index (χ3v) is 1.83. The van der Waals surface area contributed by atoms with Gasteiger partial charge in [-0.3, -0.25) is 0 Å². The minimum Gasteiger partial charge on any atom is -0.467 e. The maximum atomic E-state index is 11.2. The topological polar surface area (TPSA) is 64.6 Å². The number of hydrogen-bond acceptors (Lipinski definition) is 5. The van der Waals surface area contributed by atoms with Crippen LogP contribution < -0.4 is 5.32 Å². The first kappa shape index (κ1) is 13.5. The lowest BCUT2D eigenvalue weighted by Gasteiger charge is -2.15. The van der Waals surface area contributed by atoms with E-state index in [0.717, 1.165) is 0 Å². The van der Waals surface area contributed by atoms with Crippen LogP contribution in [0, 0.1) is 0 Å². The second-order valence-electron chi connectivity index (χ2n) is 2.98. The van der Waals surface area contributed by atoms with Gasteiger partial charge < -0.3 is 14.8 Å². The molecular weight excluding hydrogens is 198 g/mol. The van der Waals surface area contributed by atoms with Crippen molar-refractivity contribution >= 4 is 11.9 Å². The summed E-state index contributed by atoms with van der Waals surface area (Å²) in [5.41, 5.74) is 0.569. The van der Waals surface area contributed by atoms with Gasteiger partial charge in [-0.2, -0.15) is 0 Å². The molecule has 5 heteroatoms. The number of hydrogen-bond donors (Lipinski definition) is 1. The van der Waals surface area contributed by atoms with Crippen molar-refractivity contribution in [3.8, 4) is 0 Å². The summed E-state index contributed by atoms with van der Waals surface area (Å²) in [6, 6.07) is -0.434. The van der Waals surface area contributed by atoms with Crippen molar-refractivity contribution in [3.05, 3.63) is 11.8 Å². The van der Waals surface area contributed by atoms with Crippen molar-refractivity contribution in [3.63, 3.8) is 0 Å². The van der Waals surface area contributed by atoms with Gasteiger partial charge in [-0.15, -0.1) is 0 Å². The first-order valence-corrected chi connectivity index (χ1v) is 4.65. The maximum Gasteiger partial charge on any atom is 0.332 e. The van der Waals surface area contributed by atoms with Crippen molar-refractivity contribution in [2.45, 2.75) is 26.3 Å². The molecule has 0 fully saturated rings. The van der Waals surface area contributed by atoms with E-state index < -0.39 is 12.0 Å². The van der Waals surface area contributed by atoms with Gasteiger partial charge >= 0.3 is 11.9 Å². The number of carbonyl (C=O) groups excluding carboxylic acids is 2. The highest BCUT2D eigenvalue weighted by molar-refractivity contribution is 5.82. The molecule has 0 aromatic rings. The van der Waals surface area contributed by atoms with Crippen LogP contribution in [-0.4, -0.2) is 32.2 Å². The number of carbonyl (C=O) groups is 2. The Kier molecular flexibility index (Phi) is 6.17. The lowest BCUT2D eigenvalue weighted by atomic mass is 10.2. The molecule has 0 heterocycles. The van der Waals surface area contributed by atoms with Gasteiger partial charge in [-0.1, -0.05) is 6.92 Å². The zero-order chi connectivity index (χ0) is 11.8. The molecule has 0 aromatic heterocycles. The molecule has 15 heavy (non-hydrogen) atoms. The number of ether oxygens (including phenoxy) is 2. The normalized spacial score (nSPS) is 12.9. The molecule has 0 radical (unpaired) electrons. The Morgan fingerprint density at radius 2 is 1.93 bits per heavy atom. The van der Waals surface area contributed by atoms with Crippen LogP contribution in [0.25, 0.3) is 0 Å². The highest BCUT2D eigenvalue weighted by Gasteiger charge is 2.16. The van der Waals surface area contributed by atoms with E-state index in [0.29, 0.717) is 12.1 Å². The monoisotopic (exact) mass is 215 g/mol. The van der Waals surface area contributed by atoms with Gasteiger partial charge in [-0.25, -0.2) is 9.59 Å². The maximum absolute atomic E-state index is 11.2. The summed E-state index contributed by atoms with van der Waals surface area (Å²) in [4.78, 5) is 22.1. The van der Waals surface area contributed by atoms with Gasteiger partial charge in [0.2, 0.25) is 0 Å². The SMILES string of the molecule is CC[C@@H](N/C(C)=C/C(=O)OC)C(=O)OC. The van der Waals surface area contributed by atoms with Gasteiger partial charge in [0.1, 0.15) is 6.04 Å². The van der Waals surface area contributed by atoms with Crippen molar-refractivity contribution in [1.82, 2.24) is 5.32 Å². The molecule has 1 N–H and O–H groups in total. The molecule has 0 unspecified atom stereocenters. The standard InChI is InChI=1S/C10H17NO4/c1-5-8(10(13)15-4)11-7(2)6-9(12)14-3/h6,8,11H,5H2,1-4H3/b7-6+/t8-/m1/s1. The van der Waals surface area contributed by atoms with E-state index in [9.17, 15) is 9.59 Å². The third kappa shape index (κ3) is 5.05. The molecule has 0 spiro atoms. The molecule has 0 saturated carbocycles. The molecule has 5 nitrogen and oxygen atoms in total. The van der Waals surface area contributed by atoms with Crippen LogP contribution in [0.15, 0.2) is 11.8 Å². The minimum absolute atomic E-state index is 0.352. The van der Waals surface area contributed by atoms with E-state index in [2.05, 4.69) is 14.8 Å². The van der Waals surface area contributed by atoms with Gasteiger partial charge in [0.15, 0.2) is 0 Å². The van der Waals surface area contributed by atoms with Crippen LogP contribution >= 0.6 is 0 Å². The first-order valence-electron chi connectivity index (χ1n) is 4.65. The Hall–Kier alpha value is -1.52. The van der Waals surface area contributed by atoms with Crippen LogP contribution in [-0.2, 0) is 19.1 Å². The average Bonchev–Trinajstić information content (AvgIpc) is 2.24. The van der Waals surface area contributed by atoms with Crippen LogP contribution in [0.1, 0.15) is 20.3 Å². The quantitative estimate of drug-likeness (QED) is 0.537. The van der Waals surface area contributed by atoms with Gasteiger partial charge in [0.25, 0.3) is 0 Å². The zero-order valence-electron chi connectivity index (χ0n) is 9.49. The lowest BCUT2D eigenvalue weighted by molar-refractivity contribution is -0.143. The van der Waals surface area contributed by atoms with Crippen molar-refractivity contribution in [1.29, 1.82) is 0 Å². The van der Waals surface area contributed by atoms with Crippen LogP contribution in [0.5, 0.6) is 0 Å². The first-order chi connectivity index (χ1) is 7.04. The molecule has 0 amide bonds. The van der Waals surface area contributed by atoms with Gasteiger partial charge in [-0.05, 0) is 13.3 Å². The molecule has 0 aromatic carbocycles. The van der Waals surface area contributed by atoms with Crippen molar-refractivity contribution < 1.29 is 19.1 Å².